The van der Waals surface area contributed by atoms with Crippen LogP contribution in [-0.2, 0) is 0 Å². The van der Waals surface area contributed by atoms with Gasteiger partial charge in [-0.2, -0.15) is 0 Å². The molecular formula is C26H28N4O4. The highest BCUT2D eigenvalue weighted by atomic mass is 16.5. The molecule has 1 saturated heterocycles. The zero-order chi connectivity index (χ0) is 23.7. The maximum absolute atomic E-state index is 12.6. The number of rotatable bonds is 7. The van der Waals surface area contributed by atoms with Crippen LogP contribution in [0.1, 0.15) is 32.4 Å². The average Bonchev–Trinajstić information content (AvgIpc) is 3.12. The molecule has 5 rings (SSSR count). The quantitative estimate of drug-likeness (QED) is 0.541. The van der Waals surface area contributed by atoms with Gasteiger partial charge in [0.2, 0.25) is 0 Å². The molecule has 2 aromatic carbocycles. The molecule has 8 heteroatoms. The van der Waals surface area contributed by atoms with Gasteiger partial charge in [-0.3, -0.25) is 29.3 Å². The van der Waals surface area contributed by atoms with Crippen LogP contribution < -0.4 is 4.74 Å². The zero-order valence-corrected chi connectivity index (χ0v) is 19.2. The van der Waals surface area contributed by atoms with Gasteiger partial charge in [0.25, 0.3) is 11.8 Å². The van der Waals surface area contributed by atoms with Crippen LogP contribution >= 0.6 is 0 Å². The Morgan fingerprint density at radius 1 is 0.941 bits per heavy atom. The average molecular weight is 461 g/mol. The first-order valence-electron chi connectivity index (χ1n) is 11.6. The van der Waals surface area contributed by atoms with E-state index in [1.165, 1.54) is 4.90 Å². The molecule has 2 aliphatic heterocycles. The monoisotopic (exact) mass is 460 g/mol. The van der Waals surface area contributed by atoms with Gasteiger partial charge in [0.05, 0.1) is 29.9 Å². The molecule has 0 saturated carbocycles. The first kappa shape index (κ1) is 22.5. The van der Waals surface area contributed by atoms with Gasteiger partial charge in [-0.05, 0) is 42.0 Å². The summed E-state index contributed by atoms with van der Waals surface area (Å²) < 4.78 is 5.34. The number of ether oxygens (including phenoxy) is 1. The molecule has 1 N–H and O–H groups in total. The van der Waals surface area contributed by atoms with Crippen molar-refractivity contribution in [2.75, 3.05) is 52.9 Å². The number of hydrogen-bond acceptors (Lipinski definition) is 7. The van der Waals surface area contributed by atoms with Gasteiger partial charge < -0.3 is 9.84 Å². The van der Waals surface area contributed by atoms with Crippen molar-refractivity contribution in [3.05, 3.63) is 71.4 Å². The van der Waals surface area contributed by atoms with E-state index in [4.69, 9.17) is 4.74 Å². The van der Waals surface area contributed by atoms with Crippen LogP contribution in [0.4, 0.5) is 0 Å². The predicted octanol–water partition coefficient (Wildman–Crippen LogP) is 2.19. The largest absolute Gasteiger partial charge is 0.497 e. The molecule has 1 atom stereocenters. The number of piperazine rings is 1. The molecule has 34 heavy (non-hydrogen) atoms. The summed E-state index contributed by atoms with van der Waals surface area (Å²) in [4.78, 5) is 35.4. The molecular weight excluding hydrogens is 432 g/mol. The van der Waals surface area contributed by atoms with Gasteiger partial charge in [-0.15, -0.1) is 0 Å². The molecule has 176 valence electrons. The van der Waals surface area contributed by atoms with Crippen molar-refractivity contribution in [1.29, 1.82) is 0 Å². The first-order chi connectivity index (χ1) is 16.5. The standard InChI is InChI=1S/C26H28N4O4/c1-34-18-6-7-23-22(16-18)19(8-9-27-23)24(31)17-29-12-10-28(11-13-29)14-15-30-25(32)20-4-2-3-5-21(20)26(30)33/h2-9,16,24,31H,10-15,17H2,1H3. The van der Waals surface area contributed by atoms with E-state index in [1.54, 1.807) is 37.6 Å². The van der Waals surface area contributed by atoms with E-state index in [2.05, 4.69) is 14.8 Å². The Balaban J connectivity index is 1.15. The second-order valence-corrected chi connectivity index (χ2v) is 8.75. The lowest BCUT2D eigenvalue weighted by Gasteiger charge is -2.36. The number of carbonyl (C=O) groups excluding carboxylic acids is 2. The van der Waals surface area contributed by atoms with Crippen molar-refractivity contribution in [3.63, 3.8) is 0 Å². The number of fused-ring (bicyclic) bond motifs is 2. The third kappa shape index (κ3) is 4.27. The summed E-state index contributed by atoms with van der Waals surface area (Å²) in [5.41, 5.74) is 2.66. The van der Waals surface area contributed by atoms with Crippen molar-refractivity contribution in [3.8, 4) is 5.75 Å². The predicted molar refractivity (Wildman–Crippen MR) is 128 cm³/mol. The molecule has 0 spiro atoms. The lowest BCUT2D eigenvalue weighted by Crippen LogP contribution is -2.49. The maximum Gasteiger partial charge on any atom is 0.261 e. The molecule has 0 aliphatic carbocycles. The fourth-order valence-corrected chi connectivity index (χ4v) is 4.79. The Hall–Kier alpha value is -3.33. The third-order valence-electron chi connectivity index (χ3n) is 6.76. The molecule has 0 radical (unpaired) electrons. The summed E-state index contributed by atoms with van der Waals surface area (Å²) in [6, 6.07) is 14.5. The number of aliphatic hydroxyl groups is 1. The van der Waals surface area contributed by atoms with Crippen LogP contribution in [0.15, 0.2) is 54.7 Å². The summed E-state index contributed by atoms with van der Waals surface area (Å²) in [7, 11) is 1.63. The lowest BCUT2D eigenvalue weighted by atomic mass is 10.0. The number of β-amino-alcohol motifs (C(OH)–C–C–N with tert-alkyl or cyclic N) is 1. The van der Waals surface area contributed by atoms with Crippen LogP contribution in [0.3, 0.4) is 0 Å². The number of imide groups is 1. The lowest BCUT2D eigenvalue weighted by molar-refractivity contribution is 0.0564. The Morgan fingerprint density at radius 3 is 2.29 bits per heavy atom. The van der Waals surface area contributed by atoms with Crippen LogP contribution in [0, 0.1) is 0 Å². The number of nitrogens with zero attached hydrogens (tertiary/aromatic N) is 4. The van der Waals surface area contributed by atoms with Crippen LogP contribution in [0.2, 0.25) is 0 Å². The van der Waals surface area contributed by atoms with E-state index in [-0.39, 0.29) is 11.8 Å². The number of aliphatic hydroxyl groups excluding tert-OH is 1. The second-order valence-electron chi connectivity index (χ2n) is 8.75. The van der Waals surface area contributed by atoms with Gasteiger partial charge >= 0.3 is 0 Å². The van der Waals surface area contributed by atoms with Gasteiger partial charge in [-0.1, -0.05) is 12.1 Å². The minimum Gasteiger partial charge on any atom is -0.497 e. The molecule has 0 bridgehead atoms. The van der Waals surface area contributed by atoms with Gasteiger partial charge in [0, 0.05) is 57.4 Å². The van der Waals surface area contributed by atoms with E-state index in [0.717, 1.165) is 48.4 Å². The number of methoxy groups -OCH3 is 1. The van der Waals surface area contributed by atoms with Crippen molar-refractivity contribution in [2.45, 2.75) is 6.10 Å². The first-order valence-corrected chi connectivity index (χ1v) is 11.6. The van der Waals surface area contributed by atoms with Gasteiger partial charge in [-0.25, -0.2) is 0 Å². The highest BCUT2D eigenvalue weighted by Gasteiger charge is 2.35. The number of benzene rings is 2. The van der Waals surface area contributed by atoms with Crippen molar-refractivity contribution in [2.24, 2.45) is 0 Å². The minimum atomic E-state index is -0.637. The molecule has 1 aromatic heterocycles. The summed E-state index contributed by atoms with van der Waals surface area (Å²) in [6.45, 7) is 4.83. The molecule has 1 unspecified atom stereocenters. The maximum atomic E-state index is 12.6. The van der Waals surface area contributed by atoms with E-state index in [9.17, 15) is 14.7 Å². The van der Waals surface area contributed by atoms with E-state index >= 15 is 0 Å². The van der Waals surface area contributed by atoms with Crippen LogP contribution in [0.25, 0.3) is 10.9 Å². The third-order valence-corrected chi connectivity index (χ3v) is 6.76. The number of hydrogen-bond donors (Lipinski definition) is 1. The highest BCUT2D eigenvalue weighted by Crippen LogP contribution is 2.27. The van der Waals surface area contributed by atoms with Gasteiger partial charge in [0.15, 0.2) is 0 Å². The number of amides is 2. The molecule has 8 nitrogen and oxygen atoms in total. The van der Waals surface area contributed by atoms with E-state index < -0.39 is 6.10 Å². The Kier molecular flexibility index (Phi) is 6.28. The number of aromatic nitrogens is 1. The summed E-state index contributed by atoms with van der Waals surface area (Å²) in [6.07, 6.45) is 1.09. The summed E-state index contributed by atoms with van der Waals surface area (Å²) in [5, 5.41) is 11.9. The van der Waals surface area contributed by atoms with Crippen LogP contribution in [-0.4, -0.2) is 89.5 Å². The Morgan fingerprint density at radius 2 is 1.62 bits per heavy atom. The summed E-state index contributed by atoms with van der Waals surface area (Å²) >= 11 is 0. The van der Waals surface area contributed by atoms with Crippen molar-refractivity contribution >= 4 is 22.7 Å². The topological polar surface area (TPSA) is 86.2 Å². The second kappa shape index (κ2) is 9.50. The zero-order valence-electron chi connectivity index (χ0n) is 19.2. The van der Waals surface area contributed by atoms with Crippen molar-refractivity contribution in [1.82, 2.24) is 19.7 Å². The van der Waals surface area contributed by atoms with Crippen LogP contribution in [0.5, 0.6) is 5.75 Å². The van der Waals surface area contributed by atoms with E-state index in [0.29, 0.717) is 30.8 Å². The Labute approximate surface area is 198 Å². The molecule has 2 aliphatic rings. The smallest absolute Gasteiger partial charge is 0.261 e. The molecule has 3 heterocycles. The fraction of sp³-hybridized carbons (Fsp3) is 0.346. The molecule has 2 amide bonds. The SMILES string of the molecule is COc1ccc2nccc(C(O)CN3CCN(CCN4C(=O)c5ccccc5C4=O)CC3)c2c1. The summed E-state index contributed by atoms with van der Waals surface area (Å²) in [5.74, 6) is 0.327. The normalized spacial score (nSPS) is 17.9. The number of pyridine rings is 1. The molecule has 3 aromatic rings. The van der Waals surface area contributed by atoms with E-state index in [1.807, 2.05) is 24.3 Å². The Bertz CT molecular complexity index is 1190. The number of carbonyl (C=O) groups is 2. The minimum absolute atomic E-state index is 0.205. The highest BCUT2D eigenvalue weighted by molar-refractivity contribution is 6.21. The molecule has 1 fully saturated rings. The van der Waals surface area contributed by atoms with Gasteiger partial charge in [0.1, 0.15) is 5.75 Å². The van der Waals surface area contributed by atoms with Crippen molar-refractivity contribution < 1.29 is 19.4 Å². The fourth-order valence-electron chi connectivity index (χ4n) is 4.79.